The molecule has 3 heterocycles. The van der Waals surface area contributed by atoms with E-state index in [-0.39, 0.29) is 12.1 Å². The molecule has 0 radical (unpaired) electrons. The number of anilines is 9. The zero-order chi connectivity index (χ0) is 46.2. The molecule has 0 saturated carbocycles. The molecule has 13 rings (SSSR count). The maximum absolute atomic E-state index is 2.55. The Hall–Kier alpha value is -8.54. The zero-order valence-electron chi connectivity index (χ0n) is 39.0. The van der Waals surface area contributed by atoms with Gasteiger partial charge in [0.2, 0.25) is 0 Å². The molecule has 0 spiro atoms. The highest BCUT2D eigenvalue weighted by Gasteiger charge is 2.46. The van der Waals surface area contributed by atoms with Crippen LogP contribution < -0.4 is 31.1 Å². The maximum atomic E-state index is 2.55. The molecule has 328 valence electrons. The number of aromatic nitrogens is 1. The number of rotatable bonds is 7. The van der Waals surface area contributed by atoms with Crippen LogP contribution in [0.15, 0.2) is 243 Å². The van der Waals surface area contributed by atoms with Gasteiger partial charge in [-0.15, -0.1) is 0 Å². The summed E-state index contributed by atoms with van der Waals surface area (Å²) in [6, 6.07) is 89.2. The smallest absolute Gasteiger partial charge is 0.253 e. The van der Waals surface area contributed by atoms with Crippen LogP contribution in [0.1, 0.15) is 26.3 Å². The van der Waals surface area contributed by atoms with Crippen LogP contribution in [0.25, 0.3) is 38.6 Å². The third-order valence-electron chi connectivity index (χ3n) is 14.3. The van der Waals surface area contributed by atoms with E-state index in [1.807, 2.05) is 0 Å². The van der Waals surface area contributed by atoms with Crippen molar-refractivity contribution < 1.29 is 0 Å². The predicted molar refractivity (Wildman–Crippen MR) is 294 cm³/mol. The Bertz CT molecular complexity index is 3670. The number of fused-ring (bicyclic) bond motifs is 8. The first-order valence-electron chi connectivity index (χ1n) is 24.1. The van der Waals surface area contributed by atoms with Gasteiger partial charge in [-0.25, -0.2) is 0 Å². The highest BCUT2D eigenvalue weighted by atomic mass is 15.2. The average Bonchev–Trinajstić information content (AvgIpc) is 3.74. The van der Waals surface area contributed by atoms with Crippen molar-refractivity contribution in [3.63, 3.8) is 0 Å². The molecule has 11 aromatic rings. The van der Waals surface area contributed by atoms with Gasteiger partial charge < -0.3 is 19.3 Å². The molecule has 0 bridgehead atoms. The van der Waals surface area contributed by atoms with E-state index in [1.54, 1.807) is 0 Å². The van der Waals surface area contributed by atoms with E-state index in [0.29, 0.717) is 0 Å². The van der Waals surface area contributed by atoms with Crippen molar-refractivity contribution in [2.75, 3.05) is 14.7 Å². The van der Waals surface area contributed by atoms with E-state index >= 15 is 0 Å². The Morgan fingerprint density at radius 3 is 1.55 bits per heavy atom. The molecule has 0 atom stereocenters. The lowest BCUT2D eigenvalue weighted by Gasteiger charge is -2.45. The molecular weight excluding hydrogens is 836 g/mol. The summed E-state index contributed by atoms with van der Waals surface area (Å²) in [4.78, 5) is 7.49. The fourth-order valence-corrected chi connectivity index (χ4v) is 11.2. The quantitative estimate of drug-likeness (QED) is 0.148. The van der Waals surface area contributed by atoms with Crippen LogP contribution in [0, 0.1) is 0 Å². The summed E-state index contributed by atoms with van der Waals surface area (Å²) in [7, 11) is 0. The molecule has 0 saturated heterocycles. The molecule has 0 fully saturated rings. The first-order valence-corrected chi connectivity index (χ1v) is 24.1. The highest BCUT2D eigenvalue weighted by molar-refractivity contribution is 7.02. The molecule has 4 nitrogen and oxygen atoms in total. The topological polar surface area (TPSA) is 14.7 Å². The van der Waals surface area contributed by atoms with E-state index in [0.717, 1.165) is 34.1 Å². The molecule has 0 N–H and O–H groups in total. The molecule has 0 aliphatic carbocycles. The van der Waals surface area contributed by atoms with E-state index < -0.39 is 0 Å². The Labute approximate surface area is 404 Å². The summed E-state index contributed by atoms with van der Waals surface area (Å²) in [5.74, 6) is 0. The zero-order valence-corrected chi connectivity index (χ0v) is 39.0. The van der Waals surface area contributed by atoms with E-state index in [2.05, 4.69) is 283 Å². The lowest BCUT2D eigenvalue weighted by atomic mass is 9.33. The summed E-state index contributed by atoms with van der Waals surface area (Å²) in [5, 5.41) is 2.51. The van der Waals surface area contributed by atoms with Crippen LogP contribution in [-0.4, -0.2) is 11.3 Å². The van der Waals surface area contributed by atoms with Gasteiger partial charge in [-0.2, -0.15) is 0 Å². The second kappa shape index (κ2) is 16.1. The van der Waals surface area contributed by atoms with Crippen LogP contribution in [-0.2, 0) is 5.41 Å². The van der Waals surface area contributed by atoms with Crippen molar-refractivity contribution in [1.29, 1.82) is 0 Å². The Balaban J connectivity index is 1.17. The summed E-state index contributed by atoms with van der Waals surface area (Å²) in [6.07, 6.45) is 0. The molecule has 0 unspecified atom stereocenters. The molecule has 1 aromatic heterocycles. The monoisotopic (exact) mass is 884 g/mol. The minimum atomic E-state index is -0.144. The standard InChI is InChI=1S/C64H49BN4/c1-64(2,3)45-41-59-62-60(42-45)68(49-31-17-8-18-32-49)58-43-50(66(46-25-11-5-12-26-46)47-27-13-6-14-28-47)37-38-53(58)65(62)63-57(67(59)48-29-15-7-16-30-48)40-39-56-61(63)52-34-20-22-36-55(52)69(56)54-35-21-19-33-51(54)44-23-9-4-10-24-44/h4-43H,1-3H3. The molecule has 0 amide bonds. The number of nitrogens with zero attached hydrogens (tertiary/aromatic N) is 4. The number of benzene rings is 10. The van der Waals surface area contributed by atoms with Crippen LogP contribution in [0.3, 0.4) is 0 Å². The van der Waals surface area contributed by atoms with Crippen molar-refractivity contribution in [3.8, 4) is 16.8 Å². The molecule has 69 heavy (non-hydrogen) atoms. The van der Waals surface area contributed by atoms with Crippen molar-refractivity contribution in [2.45, 2.75) is 26.2 Å². The molecule has 2 aliphatic heterocycles. The van der Waals surface area contributed by atoms with Crippen LogP contribution in [0.4, 0.5) is 51.2 Å². The van der Waals surface area contributed by atoms with Gasteiger partial charge in [0, 0.05) is 67.5 Å². The van der Waals surface area contributed by atoms with Crippen molar-refractivity contribution in [1.82, 2.24) is 4.57 Å². The van der Waals surface area contributed by atoms with E-state index in [4.69, 9.17) is 0 Å². The fourth-order valence-electron chi connectivity index (χ4n) is 11.2. The van der Waals surface area contributed by atoms with Crippen LogP contribution in [0.2, 0.25) is 0 Å². The van der Waals surface area contributed by atoms with E-state index in [1.165, 1.54) is 77.6 Å². The van der Waals surface area contributed by atoms with Gasteiger partial charge in [0.25, 0.3) is 6.71 Å². The molecule has 2 aliphatic rings. The Morgan fingerprint density at radius 2 is 0.928 bits per heavy atom. The van der Waals surface area contributed by atoms with Gasteiger partial charge in [-0.3, -0.25) is 0 Å². The Morgan fingerprint density at radius 1 is 0.391 bits per heavy atom. The number of para-hydroxylation sites is 6. The summed E-state index contributed by atoms with van der Waals surface area (Å²) < 4.78 is 2.51. The maximum Gasteiger partial charge on any atom is 0.253 e. The van der Waals surface area contributed by atoms with Gasteiger partial charge in [0.1, 0.15) is 0 Å². The normalized spacial score (nSPS) is 12.8. The van der Waals surface area contributed by atoms with Crippen LogP contribution in [0.5, 0.6) is 0 Å². The van der Waals surface area contributed by atoms with Gasteiger partial charge in [0.15, 0.2) is 0 Å². The Kier molecular flexibility index (Phi) is 9.48. The third kappa shape index (κ3) is 6.53. The summed E-state index contributed by atoms with van der Waals surface area (Å²) in [6.45, 7) is 6.91. The number of hydrogen-bond donors (Lipinski definition) is 0. The average molecular weight is 885 g/mol. The molecule has 5 heteroatoms. The summed E-state index contributed by atoms with van der Waals surface area (Å²) >= 11 is 0. The van der Waals surface area contributed by atoms with Crippen molar-refractivity contribution in [2.24, 2.45) is 0 Å². The SMILES string of the molecule is CC(C)(C)c1cc2c3c(c1)N(c1ccccc1)c1ccc4c(c1B3c1ccc(N(c3ccccc3)c3ccccc3)cc1N2c1ccccc1)c1ccccc1n4-c1ccccc1-c1ccccc1. The fraction of sp³-hybridized carbons (Fsp3) is 0.0625. The van der Waals surface area contributed by atoms with Crippen LogP contribution >= 0.6 is 0 Å². The van der Waals surface area contributed by atoms with Gasteiger partial charge in [-0.1, -0.05) is 166 Å². The second-order valence-corrected chi connectivity index (χ2v) is 19.3. The van der Waals surface area contributed by atoms with Gasteiger partial charge >= 0.3 is 0 Å². The summed E-state index contributed by atoms with van der Waals surface area (Å²) in [5.41, 5.74) is 21.3. The van der Waals surface area contributed by atoms with Gasteiger partial charge in [0.05, 0.1) is 16.7 Å². The highest BCUT2D eigenvalue weighted by Crippen LogP contribution is 2.49. The third-order valence-corrected chi connectivity index (χ3v) is 14.3. The van der Waals surface area contributed by atoms with Crippen molar-refractivity contribution >= 4 is 96.1 Å². The number of hydrogen-bond acceptors (Lipinski definition) is 3. The van der Waals surface area contributed by atoms with E-state index in [9.17, 15) is 0 Å². The predicted octanol–water partition coefficient (Wildman–Crippen LogP) is 15.3. The first-order chi connectivity index (χ1) is 33.9. The first kappa shape index (κ1) is 40.7. The van der Waals surface area contributed by atoms with Crippen molar-refractivity contribution in [3.05, 3.63) is 248 Å². The lowest BCUT2D eigenvalue weighted by molar-refractivity contribution is 0.590. The minimum absolute atomic E-state index is 0.114. The molecular formula is C64H49BN4. The largest absolute Gasteiger partial charge is 0.311 e. The van der Waals surface area contributed by atoms with Gasteiger partial charge in [-0.05, 0) is 130 Å². The minimum Gasteiger partial charge on any atom is -0.311 e. The second-order valence-electron chi connectivity index (χ2n) is 19.3. The molecule has 10 aromatic carbocycles. The lowest BCUT2D eigenvalue weighted by Crippen LogP contribution is -2.61.